The van der Waals surface area contributed by atoms with Gasteiger partial charge in [-0.25, -0.2) is 4.98 Å². The summed E-state index contributed by atoms with van der Waals surface area (Å²) in [4.78, 5) is 30.9. The Hall–Kier alpha value is -4.49. The number of pyridine rings is 1. The predicted molar refractivity (Wildman–Crippen MR) is 182 cm³/mol. The Morgan fingerprint density at radius 2 is 1.67 bits per heavy atom. The van der Waals surface area contributed by atoms with E-state index < -0.39 is 0 Å². The number of hydrogen-bond donors (Lipinski definition) is 1. The highest BCUT2D eigenvalue weighted by Gasteiger charge is 2.31. The van der Waals surface area contributed by atoms with Gasteiger partial charge >= 0.3 is 5.97 Å². The Kier molecular flexibility index (Phi) is 9.79. The summed E-state index contributed by atoms with van der Waals surface area (Å²) in [5.41, 5.74) is 8.56. The van der Waals surface area contributed by atoms with Crippen LogP contribution in [0.5, 0.6) is 0 Å². The maximum atomic E-state index is 13.7. The molecule has 5 aromatic rings. The van der Waals surface area contributed by atoms with E-state index in [1.54, 1.807) is 0 Å². The van der Waals surface area contributed by atoms with Crippen molar-refractivity contribution in [3.05, 3.63) is 112 Å². The molecule has 1 aliphatic heterocycles. The van der Waals surface area contributed by atoms with Gasteiger partial charge in [0.15, 0.2) is 0 Å². The number of aromatic nitrogens is 2. The lowest BCUT2D eigenvalue weighted by molar-refractivity contribution is -0.143. The van der Waals surface area contributed by atoms with Gasteiger partial charge in [-0.15, -0.1) is 0 Å². The van der Waals surface area contributed by atoms with Crippen LogP contribution in [0.15, 0.2) is 78.9 Å². The van der Waals surface area contributed by atoms with Crippen LogP contribution in [-0.4, -0.2) is 41.2 Å². The van der Waals surface area contributed by atoms with Gasteiger partial charge in [0.1, 0.15) is 5.65 Å². The van der Waals surface area contributed by atoms with Crippen molar-refractivity contribution in [2.24, 2.45) is 5.92 Å². The second-order valence-corrected chi connectivity index (χ2v) is 12.3. The maximum absolute atomic E-state index is 13.7. The van der Waals surface area contributed by atoms with Crippen molar-refractivity contribution >= 4 is 33.8 Å². The van der Waals surface area contributed by atoms with Crippen LogP contribution in [0.1, 0.15) is 65.6 Å². The standard InChI is InChI=1S/C39H43N3O4/c1-4-46-35(43)19-18-32-26(2)36-33-12-8-9-13-34(33)42(38(36)41-27(32)3)25-29-14-16-30(17-15-29)37(31-20-22-45-23-21-31)39(44)40-24-28-10-6-5-7-11-28/h5-17,31,37H,4,18-25H2,1-3H3,(H,40,44). The lowest BCUT2D eigenvalue weighted by atomic mass is 9.80. The minimum atomic E-state index is -0.227. The van der Waals surface area contributed by atoms with Crippen molar-refractivity contribution < 1.29 is 19.1 Å². The number of benzene rings is 3. The Morgan fingerprint density at radius 3 is 2.41 bits per heavy atom. The molecule has 2 aromatic heterocycles. The molecule has 3 heterocycles. The summed E-state index contributed by atoms with van der Waals surface area (Å²) in [7, 11) is 0. The molecule has 238 valence electrons. The van der Waals surface area contributed by atoms with Crippen LogP contribution < -0.4 is 5.32 Å². The maximum Gasteiger partial charge on any atom is 0.306 e. The lowest BCUT2D eigenvalue weighted by Gasteiger charge is -2.30. The molecular formula is C39H43N3O4. The molecule has 0 aliphatic carbocycles. The number of aryl methyl sites for hydroxylation is 2. The minimum Gasteiger partial charge on any atom is -0.466 e. The van der Waals surface area contributed by atoms with E-state index in [1.165, 1.54) is 0 Å². The lowest BCUT2D eigenvalue weighted by Crippen LogP contribution is -2.35. The van der Waals surface area contributed by atoms with Gasteiger partial charge in [-0.1, -0.05) is 72.8 Å². The molecule has 1 amide bonds. The van der Waals surface area contributed by atoms with Gasteiger partial charge in [-0.2, -0.15) is 0 Å². The highest BCUT2D eigenvalue weighted by molar-refractivity contribution is 6.08. The smallest absolute Gasteiger partial charge is 0.306 e. The fourth-order valence-corrected chi connectivity index (χ4v) is 7.01. The third-order valence-electron chi connectivity index (χ3n) is 9.37. The number of ether oxygens (including phenoxy) is 2. The fraction of sp³-hybridized carbons (Fsp3) is 0.359. The van der Waals surface area contributed by atoms with Crippen LogP contribution in [0.25, 0.3) is 21.9 Å². The Balaban J connectivity index is 1.29. The van der Waals surface area contributed by atoms with Crippen molar-refractivity contribution in [1.29, 1.82) is 0 Å². The molecule has 0 spiro atoms. The van der Waals surface area contributed by atoms with Crippen molar-refractivity contribution in [3.8, 4) is 0 Å². The van der Waals surface area contributed by atoms with Crippen LogP contribution >= 0.6 is 0 Å². The summed E-state index contributed by atoms with van der Waals surface area (Å²) in [5, 5.41) is 5.49. The van der Waals surface area contributed by atoms with Gasteiger partial charge in [0, 0.05) is 49.2 Å². The summed E-state index contributed by atoms with van der Waals surface area (Å²) in [6, 6.07) is 27.1. The molecule has 1 saturated heterocycles. The average Bonchev–Trinajstić information content (AvgIpc) is 3.38. The molecule has 0 radical (unpaired) electrons. The molecule has 1 N–H and O–H groups in total. The zero-order chi connectivity index (χ0) is 32.0. The predicted octanol–water partition coefficient (Wildman–Crippen LogP) is 7.18. The van der Waals surface area contributed by atoms with Crippen LogP contribution in [0.2, 0.25) is 0 Å². The second-order valence-electron chi connectivity index (χ2n) is 12.3. The highest BCUT2D eigenvalue weighted by Crippen LogP contribution is 2.35. The van der Waals surface area contributed by atoms with Gasteiger partial charge in [-0.05, 0) is 79.8 Å². The molecule has 1 unspecified atom stereocenters. The van der Waals surface area contributed by atoms with Crippen molar-refractivity contribution in [3.63, 3.8) is 0 Å². The van der Waals surface area contributed by atoms with Crippen molar-refractivity contribution in [1.82, 2.24) is 14.9 Å². The highest BCUT2D eigenvalue weighted by atomic mass is 16.5. The van der Waals surface area contributed by atoms with E-state index >= 15 is 0 Å². The Labute approximate surface area is 270 Å². The zero-order valence-corrected chi connectivity index (χ0v) is 27.1. The second kappa shape index (κ2) is 14.3. The van der Waals surface area contributed by atoms with Gasteiger partial charge in [-0.3, -0.25) is 9.59 Å². The largest absolute Gasteiger partial charge is 0.466 e. The molecule has 46 heavy (non-hydrogen) atoms. The minimum absolute atomic E-state index is 0.0693. The zero-order valence-electron chi connectivity index (χ0n) is 27.1. The number of para-hydroxylation sites is 1. The van der Waals surface area contributed by atoms with Crippen molar-refractivity contribution in [2.45, 2.75) is 65.5 Å². The van der Waals surface area contributed by atoms with Crippen LogP contribution in [0, 0.1) is 19.8 Å². The number of amides is 1. The van der Waals surface area contributed by atoms with E-state index in [0.29, 0.717) is 45.8 Å². The average molecular weight is 618 g/mol. The monoisotopic (exact) mass is 617 g/mol. The Morgan fingerprint density at radius 1 is 0.957 bits per heavy atom. The molecule has 1 fully saturated rings. The van der Waals surface area contributed by atoms with Gasteiger partial charge in [0.25, 0.3) is 0 Å². The number of carbonyl (C=O) groups excluding carboxylic acids is 2. The summed E-state index contributed by atoms with van der Waals surface area (Å²) < 4.78 is 13.1. The first kappa shape index (κ1) is 31.5. The molecule has 7 nitrogen and oxygen atoms in total. The number of nitrogens with one attached hydrogen (secondary N) is 1. The number of hydrogen-bond acceptors (Lipinski definition) is 5. The number of carbonyl (C=O) groups is 2. The summed E-state index contributed by atoms with van der Waals surface area (Å²) >= 11 is 0. The number of nitrogens with zero attached hydrogens (tertiary/aromatic N) is 2. The fourth-order valence-electron chi connectivity index (χ4n) is 7.01. The van der Waals surface area contributed by atoms with Gasteiger partial charge in [0.05, 0.1) is 18.0 Å². The summed E-state index contributed by atoms with van der Waals surface area (Å²) in [5.74, 6) is -0.101. The molecule has 3 aromatic carbocycles. The van der Waals surface area contributed by atoms with E-state index in [0.717, 1.165) is 68.3 Å². The molecule has 0 bridgehead atoms. The molecule has 7 heteroatoms. The molecule has 1 atom stereocenters. The van der Waals surface area contributed by atoms with E-state index in [4.69, 9.17) is 14.5 Å². The summed E-state index contributed by atoms with van der Waals surface area (Å²) in [6.07, 6.45) is 2.69. The van der Waals surface area contributed by atoms with Crippen LogP contribution in [0.3, 0.4) is 0 Å². The van der Waals surface area contributed by atoms with Crippen LogP contribution in [-0.2, 0) is 38.6 Å². The molecule has 6 rings (SSSR count). The van der Waals surface area contributed by atoms with Gasteiger partial charge < -0.3 is 19.4 Å². The summed E-state index contributed by atoms with van der Waals surface area (Å²) in [6.45, 7) is 8.94. The SMILES string of the molecule is CCOC(=O)CCc1c(C)nc2c(c1C)c1ccccc1n2Cc1ccc(C(C(=O)NCc2ccccc2)C2CCOCC2)cc1. The first-order valence-corrected chi connectivity index (χ1v) is 16.5. The quantitative estimate of drug-likeness (QED) is 0.159. The third-order valence-corrected chi connectivity index (χ3v) is 9.37. The van der Waals surface area contributed by atoms with E-state index in [1.807, 2.05) is 44.2 Å². The van der Waals surface area contributed by atoms with Crippen molar-refractivity contribution in [2.75, 3.05) is 19.8 Å². The Bertz CT molecular complexity index is 1820. The normalized spacial score (nSPS) is 14.4. The number of rotatable bonds is 11. The molecule has 1 aliphatic rings. The number of fused-ring (bicyclic) bond motifs is 3. The molecule has 0 saturated carbocycles. The van der Waals surface area contributed by atoms with E-state index in [9.17, 15) is 9.59 Å². The number of esters is 1. The van der Waals surface area contributed by atoms with E-state index in [2.05, 4.69) is 65.3 Å². The molecular weight excluding hydrogens is 574 g/mol. The van der Waals surface area contributed by atoms with E-state index in [-0.39, 0.29) is 23.7 Å². The first-order valence-electron chi connectivity index (χ1n) is 16.5. The van der Waals surface area contributed by atoms with Gasteiger partial charge in [0.2, 0.25) is 5.91 Å². The van der Waals surface area contributed by atoms with Crippen LogP contribution in [0.4, 0.5) is 0 Å². The first-order chi connectivity index (χ1) is 22.4. The topological polar surface area (TPSA) is 82.5 Å². The third kappa shape index (κ3) is 6.70.